The fraction of sp³-hybridized carbons (Fsp3) is 0.615. The summed E-state index contributed by atoms with van der Waals surface area (Å²) in [6.07, 6.45) is 0.147. The number of fused-ring (bicyclic) bond motifs is 2. The van der Waals surface area contributed by atoms with Crippen LogP contribution in [0.15, 0.2) is 15.8 Å². The molecule has 1 unspecified atom stereocenters. The number of aromatic nitrogens is 2. The monoisotopic (exact) mass is 295 g/mol. The zero-order chi connectivity index (χ0) is 15.4. The van der Waals surface area contributed by atoms with Gasteiger partial charge in [-0.25, -0.2) is 4.79 Å². The van der Waals surface area contributed by atoms with Crippen molar-refractivity contribution in [1.82, 2.24) is 14.9 Å². The lowest BCUT2D eigenvalue weighted by atomic mass is 9.84. The normalized spacial score (nSPS) is 34.8. The van der Waals surface area contributed by atoms with E-state index < -0.39 is 35.2 Å². The third kappa shape index (κ3) is 1.94. The Morgan fingerprint density at radius 1 is 1.48 bits per heavy atom. The number of aromatic amines is 1. The second-order valence-corrected chi connectivity index (χ2v) is 5.62. The summed E-state index contributed by atoms with van der Waals surface area (Å²) in [7, 11) is 0. The molecule has 4 atom stereocenters. The first kappa shape index (κ1) is 14.0. The van der Waals surface area contributed by atoms with E-state index in [4.69, 9.17) is 4.74 Å². The summed E-state index contributed by atoms with van der Waals surface area (Å²) in [6.45, 7) is 3.39. The summed E-state index contributed by atoms with van der Waals surface area (Å²) >= 11 is 0. The van der Waals surface area contributed by atoms with Gasteiger partial charge >= 0.3 is 5.69 Å². The molecule has 0 spiro atoms. The Balaban J connectivity index is 2.09. The third-order valence-corrected chi connectivity index (χ3v) is 4.35. The van der Waals surface area contributed by atoms with Crippen LogP contribution in [0.3, 0.4) is 0 Å². The Hall–Kier alpha value is -1.93. The van der Waals surface area contributed by atoms with Gasteiger partial charge in [-0.05, 0) is 13.3 Å². The van der Waals surface area contributed by atoms with Crippen LogP contribution in [0.4, 0.5) is 0 Å². The van der Waals surface area contributed by atoms with E-state index >= 15 is 0 Å². The van der Waals surface area contributed by atoms with Crippen LogP contribution in [-0.2, 0) is 9.53 Å². The van der Waals surface area contributed by atoms with E-state index in [1.54, 1.807) is 6.92 Å². The number of amides is 1. The Bertz CT molecular complexity index is 708. The number of nitrogens with one attached hydrogen (secondary N) is 2. The number of rotatable bonds is 2. The van der Waals surface area contributed by atoms with Crippen molar-refractivity contribution >= 4 is 5.91 Å². The molecule has 114 valence electrons. The van der Waals surface area contributed by atoms with E-state index in [9.17, 15) is 19.5 Å². The maximum Gasteiger partial charge on any atom is 0.330 e. The molecule has 0 aromatic carbocycles. The zero-order valence-electron chi connectivity index (χ0n) is 11.8. The van der Waals surface area contributed by atoms with Crippen LogP contribution < -0.4 is 16.6 Å². The standard InChI is InChI=1S/C13H17N3O5/c1-3-13-4-7(17)14-8(9(13)18)11(21-13)16-5-6(2)10(19)15-12(16)20/h5,8-9,11,18H,3-4H2,1-2H3,(H,14,17)(H,15,19,20)/t8-,9?,11+,13-/m0/s1. The molecule has 0 saturated carbocycles. The van der Waals surface area contributed by atoms with Gasteiger partial charge in [0.25, 0.3) is 5.56 Å². The van der Waals surface area contributed by atoms with Crippen molar-refractivity contribution in [3.8, 4) is 0 Å². The number of carbonyl (C=O) groups is 1. The van der Waals surface area contributed by atoms with Crippen molar-refractivity contribution in [2.45, 2.75) is 50.7 Å². The predicted molar refractivity (Wildman–Crippen MR) is 71.8 cm³/mol. The van der Waals surface area contributed by atoms with Crippen LogP contribution in [0.1, 0.15) is 31.6 Å². The average Bonchev–Trinajstić information content (AvgIpc) is 2.60. The van der Waals surface area contributed by atoms with Crippen molar-refractivity contribution in [3.63, 3.8) is 0 Å². The first-order chi connectivity index (χ1) is 9.88. The van der Waals surface area contributed by atoms with Gasteiger partial charge in [-0.1, -0.05) is 6.92 Å². The summed E-state index contributed by atoms with van der Waals surface area (Å²) < 4.78 is 7.09. The molecular weight excluding hydrogens is 278 g/mol. The summed E-state index contributed by atoms with van der Waals surface area (Å²) in [5.41, 5.74) is -1.73. The predicted octanol–water partition coefficient (Wildman–Crippen LogP) is -1.23. The number of ether oxygens (including phenoxy) is 1. The van der Waals surface area contributed by atoms with E-state index in [-0.39, 0.29) is 12.3 Å². The smallest absolute Gasteiger partial charge is 0.330 e. The number of aliphatic hydroxyl groups is 1. The molecule has 3 heterocycles. The molecular formula is C13H17N3O5. The minimum Gasteiger partial charge on any atom is -0.388 e. The quantitative estimate of drug-likeness (QED) is 0.632. The molecule has 1 aromatic heterocycles. The van der Waals surface area contributed by atoms with Crippen LogP contribution in [0, 0.1) is 6.92 Å². The highest BCUT2D eigenvalue weighted by Gasteiger charge is 2.59. The second kappa shape index (κ2) is 4.54. The largest absolute Gasteiger partial charge is 0.388 e. The molecule has 3 rings (SSSR count). The van der Waals surface area contributed by atoms with Gasteiger partial charge in [0.05, 0.1) is 6.42 Å². The number of aryl methyl sites for hydroxylation is 1. The van der Waals surface area contributed by atoms with E-state index in [0.717, 1.165) is 0 Å². The molecule has 2 aliphatic heterocycles. The molecule has 2 bridgehead atoms. The van der Waals surface area contributed by atoms with E-state index in [2.05, 4.69) is 10.3 Å². The average molecular weight is 295 g/mol. The molecule has 3 N–H and O–H groups in total. The Labute approximate surface area is 119 Å². The molecule has 1 amide bonds. The van der Waals surface area contributed by atoms with Gasteiger partial charge in [0, 0.05) is 11.8 Å². The van der Waals surface area contributed by atoms with Gasteiger partial charge in [-0.15, -0.1) is 0 Å². The van der Waals surface area contributed by atoms with Gasteiger partial charge in [0.1, 0.15) is 17.7 Å². The maximum absolute atomic E-state index is 12.0. The lowest BCUT2D eigenvalue weighted by Crippen LogP contribution is -2.57. The zero-order valence-corrected chi connectivity index (χ0v) is 11.8. The highest BCUT2D eigenvalue weighted by atomic mass is 16.6. The number of piperidine rings is 1. The molecule has 2 aliphatic rings. The topological polar surface area (TPSA) is 113 Å². The van der Waals surface area contributed by atoms with Crippen molar-refractivity contribution < 1.29 is 14.6 Å². The van der Waals surface area contributed by atoms with Gasteiger partial charge < -0.3 is 15.2 Å². The molecule has 8 heteroatoms. The van der Waals surface area contributed by atoms with E-state index in [0.29, 0.717) is 12.0 Å². The van der Waals surface area contributed by atoms with Gasteiger partial charge in [-0.3, -0.25) is 19.1 Å². The minimum atomic E-state index is -0.985. The second-order valence-electron chi connectivity index (χ2n) is 5.62. The van der Waals surface area contributed by atoms with Gasteiger partial charge in [0.2, 0.25) is 5.91 Å². The summed E-state index contributed by atoms with van der Waals surface area (Å²) in [4.78, 5) is 37.4. The molecule has 2 saturated heterocycles. The van der Waals surface area contributed by atoms with Crippen LogP contribution in [0.25, 0.3) is 0 Å². The Morgan fingerprint density at radius 2 is 2.19 bits per heavy atom. The number of nitrogens with zero attached hydrogens (tertiary/aromatic N) is 1. The number of aliphatic hydroxyl groups excluding tert-OH is 1. The van der Waals surface area contributed by atoms with Crippen molar-refractivity contribution in [3.05, 3.63) is 32.6 Å². The minimum absolute atomic E-state index is 0.0503. The number of hydrogen-bond donors (Lipinski definition) is 3. The van der Waals surface area contributed by atoms with Crippen molar-refractivity contribution in [1.29, 1.82) is 0 Å². The lowest BCUT2D eigenvalue weighted by molar-refractivity contribution is -0.140. The lowest BCUT2D eigenvalue weighted by Gasteiger charge is -2.34. The van der Waals surface area contributed by atoms with Crippen LogP contribution in [0.5, 0.6) is 0 Å². The molecule has 21 heavy (non-hydrogen) atoms. The SMILES string of the molecule is CC[C@]12CC(=O)N[C@@H](C1O)[C@H](n1cc(C)c(=O)[nH]c1=O)O2. The van der Waals surface area contributed by atoms with Crippen LogP contribution in [-0.4, -0.2) is 38.3 Å². The summed E-state index contributed by atoms with van der Waals surface area (Å²) in [5, 5.41) is 13.1. The van der Waals surface area contributed by atoms with Crippen LogP contribution in [0.2, 0.25) is 0 Å². The van der Waals surface area contributed by atoms with Crippen LogP contribution >= 0.6 is 0 Å². The number of hydrogen-bond acceptors (Lipinski definition) is 5. The first-order valence-electron chi connectivity index (χ1n) is 6.85. The molecule has 2 fully saturated rings. The number of H-pyrrole nitrogens is 1. The highest BCUT2D eigenvalue weighted by Crippen LogP contribution is 2.43. The fourth-order valence-electron chi connectivity index (χ4n) is 3.09. The van der Waals surface area contributed by atoms with Crippen molar-refractivity contribution in [2.24, 2.45) is 0 Å². The highest BCUT2D eigenvalue weighted by molar-refractivity contribution is 5.79. The Kier molecular flexibility index (Phi) is 3.03. The van der Waals surface area contributed by atoms with Crippen molar-refractivity contribution in [2.75, 3.05) is 0 Å². The fourth-order valence-corrected chi connectivity index (χ4v) is 3.09. The molecule has 0 radical (unpaired) electrons. The van der Waals surface area contributed by atoms with E-state index in [1.165, 1.54) is 10.8 Å². The maximum atomic E-state index is 12.0. The molecule has 8 nitrogen and oxygen atoms in total. The summed E-state index contributed by atoms with van der Waals surface area (Å²) in [6, 6.07) is -0.714. The molecule has 1 aromatic rings. The number of carbonyl (C=O) groups excluding carboxylic acids is 1. The third-order valence-electron chi connectivity index (χ3n) is 4.35. The Morgan fingerprint density at radius 3 is 2.86 bits per heavy atom. The molecule has 0 aliphatic carbocycles. The van der Waals surface area contributed by atoms with E-state index in [1.807, 2.05) is 6.92 Å². The first-order valence-corrected chi connectivity index (χ1v) is 6.85. The van der Waals surface area contributed by atoms with Gasteiger partial charge in [0.15, 0.2) is 6.23 Å². The van der Waals surface area contributed by atoms with Gasteiger partial charge in [-0.2, -0.15) is 0 Å². The summed E-state index contributed by atoms with van der Waals surface area (Å²) in [5.74, 6) is -0.219.